The van der Waals surface area contributed by atoms with E-state index in [1.165, 1.54) is 12.7 Å². The van der Waals surface area contributed by atoms with Crippen LogP contribution < -0.4 is 5.32 Å². The first kappa shape index (κ1) is 16.2. The molecule has 2 N–H and O–H groups in total. The van der Waals surface area contributed by atoms with E-state index < -0.39 is 5.97 Å². The van der Waals surface area contributed by atoms with Crippen molar-refractivity contribution in [3.05, 3.63) is 46.6 Å². The zero-order valence-corrected chi connectivity index (χ0v) is 13.9. The van der Waals surface area contributed by atoms with E-state index in [0.717, 1.165) is 24.8 Å². The number of nitrogens with one attached hydrogen (secondary N) is 2. The van der Waals surface area contributed by atoms with Gasteiger partial charge in [0.2, 0.25) is 5.91 Å². The Morgan fingerprint density at radius 3 is 2.75 bits per heavy atom. The fourth-order valence-electron chi connectivity index (χ4n) is 3.10. The Kier molecular flexibility index (Phi) is 4.64. The minimum absolute atomic E-state index is 0.106. The molecule has 0 saturated heterocycles. The number of hydrogen-bond donors (Lipinski definition) is 2. The molecule has 126 valence electrons. The smallest absolute Gasteiger partial charge is 0.356 e. The molecule has 0 bridgehead atoms. The van der Waals surface area contributed by atoms with Crippen LogP contribution >= 0.6 is 0 Å². The maximum atomic E-state index is 12.0. The molecule has 2 aromatic rings. The van der Waals surface area contributed by atoms with Crippen LogP contribution in [0.1, 0.15) is 59.3 Å². The minimum Gasteiger partial charge on any atom is -0.464 e. The van der Waals surface area contributed by atoms with E-state index in [-0.39, 0.29) is 18.2 Å². The van der Waals surface area contributed by atoms with Gasteiger partial charge in [-0.25, -0.2) is 4.79 Å². The Morgan fingerprint density at radius 2 is 2.08 bits per heavy atom. The number of hydrogen-bond acceptors (Lipinski definition) is 4. The molecule has 24 heavy (non-hydrogen) atoms. The predicted molar refractivity (Wildman–Crippen MR) is 90.1 cm³/mol. The summed E-state index contributed by atoms with van der Waals surface area (Å²) >= 11 is 0. The number of nitrogens with zero attached hydrogens (tertiary/aromatic N) is 1. The van der Waals surface area contributed by atoms with Crippen molar-refractivity contribution in [3.63, 3.8) is 0 Å². The fourth-order valence-corrected chi connectivity index (χ4v) is 3.10. The van der Waals surface area contributed by atoms with Crippen molar-refractivity contribution in [2.45, 2.75) is 38.5 Å². The van der Waals surface area contributed by atoms with Gasteiger partial charge < -0.3 is 10.1 Å². The van der Waals surface area contributed by atoms with Crippen LogP contribution in [0.3, 0.4) is 0 Å². The summed E-state index contributed by atoms with van der Waals surface area (Å²) in [6, 6.07) is 8.25. The average molecular weight is 327 g/mol. The lowest BCUT2D eigenvalue weighted by molar-refractivity contribution is -0.116. The molecule has 3 rings (SSSR count). The van der Waals surface area contributed by atoms with E-state index in [0.29, 0.717) is 17.1 Å². The predicted octanol–water partition coefficient (Wildman–Crippen LogP) is 3.01. The molecule has 6 heteroatoms. The van der Waals surface area contributed by atoms with Crippen molar-refractivity contribution in [3.8, 4) is 0 Å². The van der Waals surface area contributed by atoms with Crippen molar-refractivity contribution in [2.24, 2.45) is 0 Å². The highest BCUT2D eigenvalue weighted by atomic mass is 16.5. The molecule has 0 aliphatic carbocycles. The van der Waals surface area contributed by atoms with Crippen LogP contribution in [0.15, 0.2) is 24.3 Å². The van der Waals surface area contributed by atoms with Crippen LogP contribution in [-0.4, -0.2) is 29.2 Å². The average Bonchev–Trinajstić information content (AvgIpc) is 3.02. The fraction of sp³-hybridized carbons (Fsp3) is 0.389. The molecule has 0 spiro atoms. The van der Waals surface area contributed by atoms with Gasteiger partial charge in [0.1, 0.15) is 5.69 Å². The minimum atomic E-state index is -0.482. The summed E-state index contributed by atoms with van der Waals surface area (Å²) in [5, 5.41) is 9.45. The highest BCUT2D eigenvalue weighted by Gasteiger charge is 2.33. The van der Waals surface area contributed by atoms with Gasteiger partial charge in [0, 0.05) is 17.9 Å². The number of aryl methyl sites for hydroxylation is 1. The van der Waals surface area contributed by atoms with Gasteiger partial charge in [-0.3, -0.25) is 9.89 Å². The largest absolute Gasteiger partial charge is 0.464 e. The van der Waals surface area contributed by atoms with E-state index in [2.05, 4.69) is 34.6 Å². The molecule has 1 aliphatic heterocycles. The maximum Gasteiger partial charge on any atom is 0.356 e. The van der Waals surface area contributed by atoms with E-state index in [1.807, 2.05) is 12.1 Å². The lowest BCUT2D eigenvalue weighted by Gasteiger charge is -2.23. The summed E-state index contributed by atoms with van der Waals surface area (Å²) < 4.78 is 4.81. The summed E-state index contributed by atoms with van der Waals surface area (Å²) in [6.45, 7) is 2.17. The summed E-state index contributed by atoms with van der Waals surface area (Å²) in [7, 11) is 1.33. The highest BCUT2D eigenvalue weighted by Crippen LogP contribution is 2.38. The van der Waals surface area contributed by atoms with Crippen LogP contribution in [0, 0.1) is 0 Å². The number of carbonyl (C=O) groups excluding carboxylic acids is 2. The van der Waals surface area contributed by atoms with E-state index in [9.17, 15) is 9.59 Å². The van der Waals surface area contributed by atoms with Gasteiger partial charge >= 0.3 is 5.97 Å². The molecule has 0 radical (unpaired) electrons. The first-order chi connectivity index (χ1) is 11.6. The third kappa shape index (κ3) is 3.04. The summed E-state index contributed by atoms with van der Waals surface area (Å²) in [5.41, 5.74) is 3.27. The maximum absolute atomic E-state index is 12.0. The van der Waals surface area contributed by atoms with Crippen LogP contribution in [0.25, 0.3) is 0 Å². The van der Waals surface area contributed by atoms with Crippen LogP contribution in [-0.2, 0) is 16.0 Å². The number of ether oxygens (including phenoxy) is 1. The second-order valence-corrected chi connectivity index (χ2v) is 6.00. The molecule has 1 unspecified atom stereocenters. The van der Waals surface area contributed by atoms with Crippen LogP contribution in [0.4, 0.5) is 5.82 Å². The standard InChI is InChI=1S/C18H21N3O3/c1-3-4-5-11-6-8-12(9-7-11)13-10-14(22)19-17-15(13)16(20-21-17)18(23)24-2/h6-9,13H,3-5,10H2,1-2H3,(H2,19,20,21,22). The SMILES string of the molecule is CCCCc1ccc(C2CC(=O)Nc3n[nH]c(C(=O)OC)c32)cc1. The monoisotopic (exact) mass is 327 g/mol. The summed E-state index contributed by atoms with van der Waals surface area (Å²) in [6.07, 6.45) is 3.64. The van der Waals surface area contributed by atoms with Crippen molar-refractivity contribution >= 4 is 17.7 Å². The number of H-pyrrole nitrogens is 1. The van der Waals surface area contributed by atoms with Gasteiger partial charge in [0.15, 0.2) is 5.82 Å². The number of aromatic nitrogens is 2. The highest BCUT2D eigenvalue weighted by molar-refractivity contribution is 5.98. The quantitative estimate of drug-likeness (QED) is 0.827. The Balaban J connectivity index is 1.95. The molecule has 1 aliphatic rings. The Bertz CT molecular complexity index is 749. The number of unbranched alkanes of at least 4 members (excludes halogenated alkanes) is 1. The zero-order chi connectivity index (χ0) is 17.1. The molecule has 2 heterocycles. The number of esters is 1. The third-order valence-corrected chi connectivity index (χ3v) is 4.39. The summed E-state index contributed by atoms with van der Waals surface area (Å²) in [4.78, 5) is 24.0. The van der Waals surface area contributed by atoms with E-state index in [4.69, 9.17) is 4.74 Å². The first-order valence-corrected chi connectivity index (χ1v) is 8.19. The third-order valence-electron chi connectivity index (χ3n) is 4.39. The van der Waals surface area contributed by atoms with Gasteiger partial charge in [-0.15, -0.1) is 0 Å². The van der Waals surface area contributed by atoms with E-state index in [1.54, 1.807) is 0 Å². The topological polar surface area (TPSA) is 84.1 Å². The molecule has 1 aromatic carbocycles. The second kappa shape index (κ2) is 6.86. The molecular formula is C18H21N3O3. The van der Waals surface area contributed by atoms with Gasteiger partial charge in [0.25, 0.3) is 0 Å². The molecule has 0 fully saturated rings. The van der Waals surface area contributed by atoms with Crippen LogP contribution in [0.2, 0.25) is 0 Å². The van der Waals surface area contributed by atoms with Gasteiger partial charge in [-0.2, -0.15) is 5.10 Å². The molecule has 1 amide bonds. The molecular weight excluding hydrogens is 306 g/mol. The van der Waals surface area contributed by atoms with Crippen LogP contribution in [0.5, 0.6) is 0 Å². The number of carbonyl (C=O) groups is 2. The zero-order valence-electron chi connectivity index (χ0n) is 13.9. The van der Waals surface area contributed by atoms with Crippen molar-refractivity contribution < 1.29 is 14.3 Å². The van der Waals surface area contributed by atoms with Gasteiger partial charge in [0.05, 0.1) is 7.11 Å². The lowest BCUT2D eigenvalue weighted by Crippen LogP contribution is -2.24. The summed E-state index contributed by atoms with van der Waals surface area (Å²) in [5.74, 6) is -0.386. The number of rotatable bonds is 5. The number of benzene rings is 1. The number of methoxy groups -OCH3 is 1. The van der Waals surface area contributed by atoms with E-state index >= 15 is 0 Å². The molecule has 0 saturated carbocycles. The number of fused-ring (bicyclic) bond motifs is 1. The number of amides is 1. The Morgan fingerprint density at radius 1 is 1.33 bits per heavy atom. The molecule has 1 aromatic heterocycles. The normalized spacial score (nSPS) is 16.4. The van der Waals surface area contributed by atoms with Crippen molar-refractivity contribution in [2.75, 3.05) is 12.4 Å². The Hall–Kier alpha value is -2.63. The van der Waals surface area contributed by atoms with Crippen molar-refractivity contribution in [1.82, 2.24) is 10.2 Å². The number of anilines is 1. The first-order valence-electron chi connectivity index (χ1n) is 8.19. The molecule has 6 nitrogen and oxygen atoms in total. The van der Waals surface area contributed by atoms with Crippen molar-refractivity contribution in [1.29, 1.82) is 0 Å². The Labute approximate surface area is 140 Å². The van der Waals surface area contributed by atoms with Gasteiger partial charge in [-0.05, 0) is 24.0 Å². The molecule has 1 atom stereocenters. The lowest BCUT2D eigenvalue weighted by atomic mass is 9.85. The number of aromatic amines is 1. The second-order valence-electron chi connectivity index (χ2n) is 6.00. The van der Waals surface area contributed by atoms with Gasteiger partial charge in [-0.1, -0.05) is 37.6 Å².